The summed E-state index contributed by atoms with van der Waals surface area (Å²) in [6.45, 7) is -0.575. The summed E-state index contributed by atoms with van der Waals surface area (Å²) in [5.74, 6) is -3.08. The van der Waals surface area contributed by atoms with Crippen molar-refractivity contribution >= 4 is 11.7 Å². The summed E-state index contributed by atoms with van der Waals surface area (Å²) in [7, 11) is 0. The van der Waals surface area contributed by atoms with Gasteiger partial charge in [0, 0.05) is 6.07 Å². The maximum atomic E-state index is 13.0. The summed E-state index contributed by atoms with van der Waals surface area (Å²) >= 11 is 0. The van der Waals surface area contributed by atoms with Crippen molar-refractivity contribution in [2.24, 2.45) is 5.73 Å². The highest BCUT2D eigenvalue weighted by molar-refractivity contribution is 5.94. The fourth-order valence-electron chi connectivity index (χ4n) is 0.799. The number of nitrogens with one attached hydrogen (secondary N) is 1. The quantitative estimate of drug-likeness (QED) is 0.643. The number of aliphatic hydroxyl groups is 1. The lowest BCUT2D eigenvalue weighted by Crippen LogP contribution is -2.38. The van der Waals surface area contributed by atoms with Gasteiger partial charge < -0.3 is 16.2 Å². The zero-order valence-electron chi connectivity index (χ0n) is 7.58. The molecule has 1 aromatic heterocycles. The van der Waals surface area contributed by atoms with E-state index in [1.165, 1.54) is 0 Å². The van der Waals surface area contributed by atoms with Gasteiger partial charge in [-0.3, -0.25) is 4.79 Å². The van der Waals surface area contributed by atoms with Crippen molar-refractivity contribution in [3.05, 3.63) is 23.9 Å². The van der Waals surface area contributed by atoms with Crippen LogP contribution >= 0.6 is 0 Å². The molecule has 82 valence electrons. The van der Waals surface area contributed by atoms with Gasteiger partial charge in [0.1, 0.15) is 11.9 Å². The van der Waals surface area contributed by atoms with Gasteiger partial charge in [-0.05, 0) is 0 Å². The predicted molar refractivity (Wildman–Crippen MR) is 47.8 cm³/mol. The van der Waals surface area contributed by atoms with E-state index in [2.05, 4.69) is 4.98 Å². The van der Waals surface area contributed by atoms with Gasteiger partial charge in [-0.25, -0.2) is 13.8 Å². The number of aliphatic hydroxyl groups excluding tert-OH is 1. The molecule has 0 radical (unpaired) electrons. The third-order valence-electron chi connectivity index (χ3n) is 1.58. The number of pyridine rings is 1. The molecule has 4 N–H and O–H groups in total. The molecule has 0 aliphatic rings. The van der Waals surface area contributed by atoms with Crippen molar-refractivity contribution < 1.29 is 18.7 Å². The summed E-state index contributed by atoms with van der Waals surface area (Å²) in [6.07, 6.45) is 0.753. The first-order valence-corrected chi connectivity index (χ1v) is 4.03. The first kappa shape index (κ1) is 11.5. The first-order chi connectivity index (χ1) is 7.04. The molecular weight excluding hydrogens is 208 g/mol. The zero-order valence-corrected chi connectivity index (χ0v) is 7.58. The Balaban J connectivity index is 2.77. The number of nitrogens with two attached hydrogens (primary N) is 1. The van der Waals surface area contributed by atoms with Crippen molar-refractivity contribution in [3.8, 4) is 0 Å². The predicted octanol–water partition coefficient (Wildman–Crippen LogP) is -0.382. The Labute approximate surface area is 83.9 Å². The normalized spacial score (nSPS) is 12.3. The molecule has 1 aromatic rings. The van der Waals surface area contributed by atoms with Crippen molar-refractivity contribution in [2.45, 2.75) is 6.04 Å². The Morgan fingerprint density at radius 3 is 2.87 bits per heavy atom. The van der Waals surface area contributed by atoms with Crippen molar-refractivity contribution in [1.29, 1.82) is 0 Å². The van der Waals surface area contributed by atoms with Gasteiger partial charge in [0.05, 0.1) is 12.8 Å². The molecule has 1 rings (SSSR count). The van der Waals surface area contributed by atoms with E-state index in [4.69, 9.17) is 10.8 Å². The molecule has 1 atom stereocenters. The van der Waals surface area contributed by atoms with Crippen LogP contribution in [0.1, 0.15) is 0 Å². The summed E-state index contributed by atoms with van der Waals surface area (Å²) in [5.41, 5.74) is 5.16. The van der Waals surface area contributed by atoms with Crippen LogP contribution in [0.4, 0.5) is 14.6 Å². The topological polar surface area (TPSA) is 88.2 Å². The first-order valence-electron chi connectivity index (χ1n) is 4.03. The second kappa shape index (κ2) is 4.76. The number of hydrogen-bond acceptors (Lipinski definition) is 4. The van der Waals surface area contributed by atoms with Crippen LogP contribution in [-0.4, -0.2) is 28.6 Å². The zero-order chi connectivity index (χ0) is 11.4. The Bertz CT molecular complexity index is 373. The Hall–Kier alpha value is -1.60. The molecule has 1 unspecified atom stereocenters. The molecule has 7 heteroatoms. The molecule has 0 bridgehead atoms. The molecule has 0 aromatic carbocycles. The number of amides is 1. The van der Waals surface area contributed by atoms with Crippen LogP contribution in [0.2, 0.25) is 0 Å². The maximum Gasteiger partial charge on any atom is 0.244 e. The third-order valence-corrected chi connectivity index (χ3v) is 1.58. The number of aromatic nitrogens is 1. The molecule has 0 aliphatic carbocycles. The van der Waals surface area contributed by atoms with Gasteiger partial charge >= 0.3 is 0 Å². The lowest BCUT2D eigenvalue weighted by molar-refractivity contribution is -0.118. The van der Waals surface area contributed by atoms with Crippen molar-refractivity contribution in [3.63, 3.8) is 0 Å². The minimum atomic E-state index is -1.17. The van der Waals surface area contributed by atoms with Crippen molar-refractivity contribution in [1.82, 2.24) is 4.98 Å². The van der Waals surface area contributed by atoms with Gasteiger partial charge in [-0.1, -0.05) is 0 Å². The standard InChI is InChI=1S/C8H9F2N3O2/c9-4-1-5(10)7(12-2-4)13-8(15)6(11)3-14/h1-2,6,14H,3,11H2,(H,12,13,15). The lowest BCUT2D eigenvalue weighted by Gasteiger charge is -2.08. The Kier molecular flexibility index (Phi) is 3.64. The maximum absolute atomic E-state index is 13.0. The van der Waals surface area contributed by atoms with Crippen LogP contribution in [0.5, 0.6) is 0 Å². The van der Waals surface area contributed by atoms with Crippen LogP contribution in [0.3, 0.4) is 0 Å². The Morgan fingerprint density at radius 1 is 1.67 bits per heavy atom. The summed E-state index contributed by atoms with van der Waals surface area (Å²) in [4.78, 5) is 14.4. The van der Waals surface area contributed by atoms with E-state index in [0.29, 0.717) is 6.07 Å². The van der Waals surface area contributed by atoms with Crippen LogP contribution in [0.25, 0.3) is 0 Å². The second-order valence-corrected chi connectivity index (χ2v) is 2.76. The van der Waals surface area contributed by atoms with Gasteiger partial charge in [-0.15, -0.1) is 0 Å². The molecule has 0 fully saturated rings. The average Bonchev–Trinajstić information content (AvgIpc) is 2.20. The molecule has 0 spiro atoms. The van der Waals surface area contributed by atoms with Gasteiger partial charge in [0.2, 0.25) is 5.91 Å². The van der Waals surface area contributed by atoms with Crippen LogP contribution < -0.4 is 11.1 Å². The smallest absolute Gasteiger partial charge is 0.244 e. The molecule has 0 saturated heterocycles. The molecule has 5 nitrogen and oxygen atoms in total. The largest absolute Gasteiger partial charge is 0.394 e. The minimum absolute atomic E-state index is 0.426. The number of hydrogen-bond donors (Lipinski definition) is 3. The number of nitrogens with zero attached hydrogens (tertiary/aromatic N) is 1. The summed E-state index contributed by atoms with van der Waals surface area (Å²) < 4.78 is 25.4. The monoisotopic (exact) mass is 217 g/mol. The molecule has 0 saturated carbocycles. The van der Waals surface area contributed by atoms with Crippen LogP contribution in [0, 0.1) is 11.6 Å². The summed E-state index contributed by atoms with van der Waals surface area (Å²) in [5, 5.41) is 10.5. The van der Waals surface area contributed by atoms with E-state index in [1.807, 2.05) is 5.32 Å². The fraction of sp³-hybridized carbons (Fsp3) is 0.250. The summed E-state index contributed by atoms with van der Waals surface area (Å²) in [6, 6.07) is -0.594. The fourth-order valence-corrected chi connectivity index (χ4v) is 0.799. The number of anilines is 1. The number of halogens is 2. The van der Waals surface area contributed by atoms with Gasteiger partial charge in [-0.2, -0.15) is 0 Å². The van der Waals surface area contributed by atoms with Crippen LogP contribution in [0.15, 0.2) is 12.3 Å². The van der Waals surface area contributed by atoms with E-state index in [1.54, 1.807) is 0 Å². The third kappa shape index (κ3) is 2.93. The number of carbonyl (C=O) groups is 1. The van der Waals surface area contributed by atoms with Crippen LogP contribution in [-0.2, 0) is 4.79 Å². The van der Waals surface area contributed by atoms with E-state index < -0.39 is 36.0 Å². The SMILES string of the molecule is NC(CO)C(=O)Nc1ncc(F)cc1F. The van der Waals surface area contributed by atoms with E-state index >= 15 is 0 Å². The van der Waals surface area contributed by atoms with Crippen molar-refractivity contribution in [2.75, 3.05) is 11.9 Å². The Morgan fingerprint density at radius 2 is 2.33 bits per heavy atom. The second-order valence-electron chi connectivity index (χ2n) is 2.76. The molecule has 0 aliphatic heterocycles. The lowest BCUT2D eigenvalue weighted by atomic mass is 10.3. The molecule has 1 heterocycles. The van der Waals surface area contributed by atoms with Gasteiger partial charge in [0.25, 0.3) is 0 Å². The molecule has 15 heavy (non-hydrogen) atoms. The highest BCUT2D eigenvalue weighted by Crippen LogP contribution is 2.10. The number of carbonyl (C=O) groups excluding carboxylic acids is 1. The minimum Gasteiger partial charge on any atom is -0.394 e. The van der Waals surface area contributed by atoms with E-state index in [0.717, 1.165) is 6.20 Å². The van der Waals surface area contributed by atoms with E-state index in [9.17, 15) is 13.6 Å². The molecule has 1 amide bonds. The number of rotatable bonds is 3. The average molecular weight is 217 g/mol. The molecular formula is C8H9F2N3O2. The highest BCUT2D eigenvalue weighted by Gasteiger charge is 2.15. The van der Waals surface area contributed by atoms with E-state index in [-0.39, 0.29) is 0 Å². The highest BCUT2D eigenvalue weighted by atomic mass is 19.1. The van der Waals surface area contributed by atoms with Gasteiger partial charge in [0.15, 0.2) is 11.6 Å².